The molecule has 0 aromatic carbocycles. The average Bonchev–Trinajstić information content (AvgIpc) is 2.70. The van der Waals surface area contributed by atoms with E-state index >= 15 is 0 Å². The van der Waals surface area contributed by atoms with Gasteiger partial charge in [0, 0.05) is 6.54 Å². The highest BCUT2D eigenvalue weighted by molar-refractivity contribution is 5.06. The van der Waals surface area contributed by atoms with Crippen LogP contribution in [0, 0.1) is 35.0 Å². The smallest absolute Gasteiger partial charge is 0.00387 e. The third-order valence-corrected chi connectivity index (χ3v) is 7.15. The number of nitrogens with two attached hydrogens (primary N) is 1. The first-order valence-electron chi connectivity index (χ1n) is 8.59. The zero-order valence-electron chi connectivity index (χ0n) is 12.5. The summed E-state index contributed by atoms with van der Waals surface area (Å²) in [6.07, 6.45) is 10.5. The standard InChI is InChI=1S/C17H30N2/c1-19-5-3-17(11-19,2-4-18)16-14-7-12-6-13(9-14)10-15(16)8-12/h12-16H,2-11,18H2,1H3. The first-order chi connectivity index (χ1) is 9.20. The second kappa shape index (κ2) is 4.46. The van der Waals surface area contributed by atoms with E-state index in [1.165, 1.54) is 25.9 Å². The number of hydrogen-bond donors (Lipinski definition) is 1. The van der Waals surface area contributed by atoms with Crippen molar-refractivity contribution in [3.63, 3.8) is 0 Å². The quantitative estimate of drug-likeness (QED) is 0.847. The molecule has 0 aromatic rings. The van der Waals surface area contributed by atoms with Crippen LogP contribution in [-0.2, 0) is 0 Å². The third-order valence-electron chi connectivity index (χ3n) is 7.15. The zero-order valence-corrected chi connectivity index (χ0v) is 12.5. The van der Waals surface area contributed by atoms with Gasteiger partial charge in [0.25, 0.3) is 0 Å². The number of rotatable bonds is 3. The maximum atomic E-state index is 6.01. The molecular formula is C17H30N2. The lowest BCUT2D eigenvalue weighted by atomic mass is 9.46. The van der Waals surface area contributed by atoms with Gasteiger partial charge in [-0.3, -0.25) is 0 Å². The highest BCUT2D eigenvalue weighted by Crippen LogP contribution is 2.63. The highest BCUT2D eigenvalue weighted by atomic mass is 15.1. The zero-order chi connectivity index (χ0) is 13.0. The van der Waals surface area contributed by atoms with E-state index in [9.17, 15) is 0 Å². The molecule has 0 radical (unpaired) electrons. The highest BCUT2D eigenvalue weighted by Gasteiger charge is 2.56. The van der Waals surface area contributed by atoms with Crippen molar-refractivity contribution in [3.05, 3.63) is 0 Å². The summed E-state index contributed by atoms with van der Waals surface area (Å²) >= 11 is 0. The molecule has 1 atom stereocenters. The van der Waals surface area contributed by atoms with Gasteiger partial charge < -0.3 is 10.6 Å². The minimum atomic E-state index is 0.589. The van der Waals surface area contributed by atoms with Crippen LogP contribution in [0.1, 0.15) is 44.9 Å². The molecule has 5 fully saturated rings. The Morgan fingerprint density at radius 3 is 2.16 bits per heavy atom. The van der Waals surface area contributed by atoms with Crippen LogP contribution in [0.25, 0.3) is 0 Å². The lowest BCUT2D eigenvalue weighted by molar-refractivity contribution is -0.0954. The second-order valence-electron chi connectivity index (χ2n) is 8.35. The Morgan fingerprint density at radius 2 is 1.68 bits per heavy atom. The lowest BCUT2D eigenvalue weighted by Gasteiger charge is -2.59. The van der Waals surface area contributed by atoms with Crippen molar-refractivity contribution in [1.82, 2.24) is 4.90 Å². The summed E-state index contributed by atoms with van der Waals surface area (Å²) in [6.45, 7) is 3.54. The van der Waals surface area contributed by atoms with E-state index in [1.807, 2.05) is 0 Å². The summed E-state index contributed by atoms with van der Waals surface area (Å²) in [5.74, 6) is 5.36. The van der Waals surface area contributed by atoms with Crippen molar-refractivity contribution in [2.24, 2.45) is 40.7 Å². The predicted octanol–water partition coefficient (Wildman–Crippen LogP) is 2.73. The molecule has 2 nitrogen and oxygen atoms in total. The van der Waals surface area contributed by atoms with Gasteiger partial charge in [0.1, 0.15) is 0 Å². The number of nitrogens with zero attached hydrogens (tertiary/aromatic N) is 1. The van der Waals surface area contributed by atoms with E-state index in [0.29, 0.717) is 5.41 Å². The van der Waals surface area contributed by atoms with Crippen molar-refractivity contribution in [2.75, 3.05) is 26.7 Å². The molecule has 4 saturated carbocycles. The van der Waals surface area contributed by atoms with Crippen LogP contribution in [0.5, 0.6) is 0 Å². The minimum absolute atomic E-state index is 0.589. The number of hydrogen-bond acceptors (Lipinski definition) is 2. The number of likely N-dealkylation sites (tertiary alicyclic amines) is 1. The molecule has 1 saturated heterocycles. The van der Waals surface area contributed by atoms with E-state index < -0.39 is 0 Å². The summed E-state index contributed by atoms with van der Waals surface area (Å²) < 4.78 is 0. The van der Waals surface area contributed by atoms with Gasteiger partial charge in [-0.25, -0.2) is 0 Å². The largest absolute Gasteiger partial charge is 0.330 e. The molecule has 4 bridgehead atoms. The molecule has 2 N–H and O–H groups in total. The Bertz CT molecular complexity index is 321. The molecule has 4 aliphatic carbocycles. The normalized spacial score (nSPS) is 53.1. The molecule has 0 amide bonds. The van der Waals surface area contributed by atoms with Crippen LogP contribution in [-0.4, -0.2) is 31.6 Å². The Balaban J connectivity index is 1.63. The summed E-state index contributed by atoms with van der Waals surface area (Å²) in [6, 6.07) is 0. The van der Waals surface area contributed by atoms with Gasteiger partial charge >= 0.3 is 0 Å². The Hall–Kier alpha value is -0.0800. The van der Waals surface area contributed by atoms with Gasteiger partial charge in [-0.15, -0.1) is 0 Å². The molecule has 19 heavy (non-hydrogen) atoms. The van der Waals surface area contributed by atoms with E-state index in [0.717, 1.165) is 36.1 Å². The first-order valence-corrected chi connectivity index (χ1v) is 8.59. The van der Waals surface area contributed by atoms with Gasteiger partial charge in [0.2, 0.25) is 0 Å². The van der Waals surface area contributed by atoms with Crippen molar-refractivity contribution in [3.8, 4) is 0 Å². The summed E-state index contributed by atoms with van der Waals surface area (Å²) in [5, 5.41) is 0. The SMILES string of the molecule is CN1CCC(CCN)(C2C3CC4CC(C3)CC2C4)C1. The van der Waals surface area contributed by atoms with Crippen molar-refractivity contribution in [2.45, 2.75) is 44.9 Å². The van der Waals surface area contributed by atoms with Gasteiger partial charge in [0.15, 0.2) is 0 Å². The summed E-state index contributed by atoms with van der Waals surface area (Å²) in [4.78, 5) is 2.57. The molecule has 1 heterocycles. The molecule has 0 spiro atoms. The monoisotopic (exact) mass is 262 g/mol. The lowest BCUT2D eigenvalue weighted by Crippen LogP contribution is -2.53. The van der Waals surface area contributed by atoms with E-state index in [1.54, 1.807) is 32.1 Å². The molecule has 2 heteroatoms. The van der Waals surface area contributed by atoms with Crippen molar-refractivity contribution >= 4 is 0 Å². The molecule has 5 rings (SSSR count). The van der Waals surface area contributed by atoms with Crippen LogP contribution >= 0.6 is 0 Å². The van der Waals surface area contributed by atoms with Crippen LogP contribution < -0.4 is 5.73 Å². The van der Waals surface area contributed by atoms with E-state index in [-0.39, 0.29) is 0 Å². The molecule has 5 aliphatic rings. The maximum Gasteiger partial charge on any atom is 0.00387 e. The van der Waals surface area contributed by atoms with Crippen LogP contribution in [0.2, 0.25) is 0 Å². The van der Waals surface area contributed by atoms with E-state index in [4.69, 9.17) is 5.73 Å². The van der Waals surface area contributed by atoms with Gasteiger partial charge in [-0.2, -0.15) is 0 Å². The summed E-state index contributed by atoms with van der Waals surface area (Å²) in [5.41, 5.74) is 6.60. The molecular weight excluding hydrogens is 232 g/mol. The third kappa shape index (κ3) is 1.90. The Morgan fingerprint density at radius 1 is 1.05 bits per heavy atom. The fraction of sp³-hybridized carbons (Fsp3) is 1.00. The second-order valence-corrected chi connectivity index (χ2v) is 8.35. The van der Waals surface area contributed by atoms with E-state index in [2.05, 4.69) is 11.9 Å². The predicted molar refractivity (Wildman–Crippen MR) is 78.8 cm³/mol. The summed E-state index contributed by atoms with van der Waals surface area (Å²) in [7, 11) is 2.31. The Labute approximate surface area is 118 Å². The Kier molecular flexibility index (Phi) is 2.97. The van der Waals surface area contributed by atoms with Crippen molar-refractivity contribution < 1.29 is 0 Å². The fourth-order valence-corrected chi connectivity index (χ4v) is 6.96. The minimum Gasteiger partial charge on any atom is -0.330 e. The van der Waals surface area contributed by atoms with Crippen LogP contribution in [0.15, 0.2) is 0 Å². The van der Waals surface area contributed by atoms with Gasteiger partial charge in [-0.05, 0) is 100 Å². The first kappa shape index (κ1) is 12.6. The molecule has 1 unspecified atom stereocenters. The van der Waals surface area contributed by atoms with Crippen LogP contribution in [0.4, 0.5) is 0 Å². The fourth-order valence-electron chi connectivity index (χ4n) is 6.96. The molecule has 108 valence electrons. The van der Waals surface area contributed by atoms with Crippen molar-refractivity contribution in [1.29, 1.82) is 0 Å². The van der Waals surface area contributed by atoms with Crippen LogP contribution in [0.3, 0.4) is 0 Å². The van der Waals surface area contributed by atoms with Gasteiger partial charge in [-0.1, -0.05) is 0 Å². The molecule has 1 aliphatic heterocycles. The maximum absolute atomic E-state index is 6.01. The topological polar surface area (TPSA) is 29.3 Å². The average molecular weight is 262 g/mol. The van der Waals surface area contributed by atoms with Gasteiger partial charge in [0.05, 0.1) is 0 Å². The molecule has 0 aromatic heterocycles.